The minimum absolute atomic E-state index is 0.0241. The molecule has 4 nitrogen and oxygen atoms in total. The van der Waals surface area contributed by atoms with Crippen molar-refractivity contribution in [3.05, 3.63) is 0 Å². The predicted molar refractivity (Wildman–Crippen MR) is 61.6 cm³/mol. The van der Waals surface area contributed by atoms with Crippen molar-refractivity contribution in [2.75, 3.05) is 20.2 Å². The van der Waals surface area contributed by atoms with E-state index in [2.05, 4.69) is 19.2 Å². The van der Waals surface area contributed by atoms with Crippen molar-refractivity contribution in [2.45, 2.75) is 39.2 Å². The molecule has 3 N–H and O–H groups in total. The standard InChI is InChI=1S/C11H24N2O2/c1-9(2)5-4-6-13-11(14)7-10(8-12)15-3/h9-10H,4-8,12H2,1-3H3,(H,13,14). The van der Waals surface area contributed by atoms with Gasteiger partial charge in [0.25, 0.3) is 0 Å². The van der Waals surface area contributed by atoms with Crippen LogP contribution in [0.2, 0.25) is 0 Å². The fourth-order valence-electron chi connectivity index (χ4n) is 1.28. The Morgan fingerprint density at radius 1 is 1.47 bits per heavy atom. The molecule has 0 aromatic carbocycles. The van der Waals surface area contributed by atoms with E-state index in [-0.39, 0.29) is 12.0 Å². The Balaban J connectivity index is 3.48. The fraction of sp³-hybridized carbons (Fsp3) is 0.909. The molecular formula is C11H24N2O2. The zero-order valence-electron chi connectivity index (χ0n) is 10.1. The maximum absolute atomic E-state index is 11.4. The summed E-state index contributed by atoms with van der Waals surface area (Å²) in [4.78, 5) is 11.4. The molecule has 0 aliphatic heterocycles. The quantitative estimate of drug-likeness (QED) is 0.593. The highest BCUT2D eigenvalue weighted by atomic mass is 16.5. The second kappa shape index (κ2) is 8.68. The van der Waals surface area contributed by atoms with Gasteiger partial charge in [-0.05, 0) is 18.8 Å². The third-order valence-corrected chi connectivity index (χ3v) is 2.29. The van der Waals surface area contributed by atoms with E-state index in [1.54, 1.807) is 7.11 Å². The largest absolute Gasteiger partial charge is 0.380 e. The molecule has 0 aromatic rings. The number of hydrogen-bond donors (Lipinski definition) is 2. The molecule has 0 aromatic heterocycles. The van der Waals surface area contributed by atoms with Crippen LogP contribution in [0.3, 0.4) is 0 Å². The number of hydrogen-bond acceptors (Lipinski definition) is 3. The van der Waals surface area contributed by atoms with Gasteiger partial charge in [-0.1, -0.05) is 13.8 Å². The van der Waals surface area contributed by atoms with Gasteiger partial charge in [-0.25, -0.2) is 0 Å². The molecular weight excluding hydrogens is 192 g/mol. The van der Waals surface area contributed by atoms with Gasteiger partial charge in [0, 0.05) is 20.2 Å². The molecule has 0 radical (unpaired) electrons. The number of carbonyl (C=O) groups excluding carboxylic acids is 1. The molecule has 0 fully saturated rings. The van der Waals surface area contributed by atoms with E-state index in [1.807, 2.05) is 0 Å². The molecule has 0 bridgehead atoms. The normalized spacial score (nSPS) is 12.9. The van der Waals surface area contributed by atoms with Crippen molar-refractivity contribution in [1.82, 2.24) is 5.32 Å². The maximum atomic E-state index is 11.4. The van der Waals surface area contributed by atoms with Crippen LogP contribution in [-0.2, 0) is 9.53 Å². The second-order valence-electron chi connectivity index (χ2n) is 4.18. The Labute approximate surface area is 92.6 Å². The number of carbonyl (C=O) groups is 1. The van der Waals surface area contributed by atoms with Gasteiger partial charge in [-0.2, -0.15) is 0 Å². The summed E-state index contributed by atoms with van der Waals surface area (Å²) in [5, 5.41) is 2.86. The highest BCUT2D eigenvalue weighted by Crippen LogP contribution is 2.02. The van der Waals surface area contributed by atoms with Crippen molar-refractivity contribution < 1.29 is 9.53 Å². The third kappa shape index (κ3) is 8.39. The van der Waals surface area contributed by atoms with Crippen LogP contribution in [0, 0.1) is 5.92 Å². The average Bonchev–Trinajstić information content (AvgIpc) is 2.20. The molecule has 0 aliphatic rings. The van der Waals surface area contributed by atoms with Crippen molar-refractivity contribution >= 4 is 5.91 Å². The van der Waals surface area contributed by atoms with Gasteiger partial charge >= 0.3 is 0 Å². The first kappa shape index (κ1) is 14.4. The molecule has 0 heterocycles. The molecule has 0 saturated carbocycles. The monoisotopic (exact) mass is 216 g/mol. The van der Waals surface area contributed by atoms with E-state index in [4.69, 9.17) is 10.5 Å². The van der Waals surface area contributed by atoms with E-state index in [1.165, 1.54) is 0 Å². The molecule has 0 spiro atoms. The minimum atomic E-state index is -0.157. The summed E-state index contributed by atoms with van der Waals surface area (Å²) in [5.74, 6) is 0.716. The number of nitrogens with two attached hydrogens (primary N) is 1. The lowest BCUT2D eigenvalue weighted by Gasteiger charge is -2.12. The van der Waals surface area contributed by atoms with E-state index in [9.17, 15) is 4.79 Å². The van der Waals surface area contributed by atoms with Gasteiger partial charge in [-0.15, -0.1) is 0 Å². The third-order valence-electron chi connectivity index (χ3n) is 2.29. The molecule has 1 atom stereocenters. The highest BCUT2D eigenvalue weighted by Gasteiger charge is 2.10. The van der Waals surface area contributed by atoms with Crippen LogP contribution < -0.4 is 11.1 Å². The second-order valence-corrected chi connectivity index (χ2v) is 4.18. The first-order valence-electron chi connectivity index (χ1n) is 5.59. The highest BCUT2D eigenvalue weighted by molar-refractivity contribution is 5.76. The Morgan fingerprint density at radius 3 is 2.60 bits per heavy atom. The van der Waals surface area contributed by atoms with Gasteiger partial charge in [0.2, 0.25) is 5.91 Å². The van der Waals surface area contributed by atoms with E-state index in [0.717, 1.165) is 19.4 Å². The Kier molecular flexibility index (Phi) is 8.33. The molecule has 0 aliphatic carbocycles. The fourth-order valence-corrected chi connectivity index (χ4v) is 1.28. The molecule has 15 heavy (non-hydrogen) atoms. The lowest BCUT2D eigenvalue weighted by molar-refractivity contribution is -0.123. The average molecular weight is 216 g/mol. The van der Waals surface area contributed by atoms with E-state index in [0.29, 0.717) is 18.9 Å². The van der Waals surface area contributed by atoms with Crippen molar-refractivity contribution in [3.8, 4) is 0 Å². The van der Waals surface area contributed by atoms with Gasteiger partial charge in [0.15, 0.2) is 0 Å². The molecule has 1 unspecified atom stereocenters. The maximum Gasteiger partial charge on any atom is 0.222 e. The number of rotatable bonds is 8. The lowest BCUT2D eigenvalue weighted by Crippen LogP contribution is -2.32. The zero-order chi connectivity index (χ0) is 11.7. The Hall–Kier alpha value is -0.610. The van der Waals surface area contributed by atoms with Crippen molar-refractivity contribution in [3.63, 3.8) is 0 Å². The summed E-state index contributed by atoms with van der Waals surface area (Å²) in [6.45, 7) is 5.49. The summed E-state index contributed by atoms with van der Waals surface area (Å²) in [5.41, 5.74) is 5.42. The van der Waals surface area contributed by atoms with Crippen LogP contribution in [0.25, 0.3) is 0 Å². The summed E-state index contributed by atoms with van der Waals surface area (Å²) in [7, 11) is 1.57. The first-order valence-corrected chi connectivity index (χ1v) is 5.59. The summed E-state index contributed by atoms with van der Waals surface area (Å²) in [6.07, 6.45) is 2.37. The van der Waals surface area contributed by atoms with Crippen LogP contribution in [0.1, 0.15) is 33.1 Å². The van der Waals surface area contributed by atoms with Crippen LogP contribution in [0.4, 0.5) is 0 Å². The number of nitrogens with one attached hydrogen (secondary N) is 1. The SMILES string of the molecule is COC(CN)CC(=O)NCCCC(C)C. The molecule has 1 amide bonds. The van der Waals surface area contributed by atoms with Gasteiger partial charge in [0.05, 0.1) is 12.5 Å². The molecule has 0 saturated heterocycles. The summed E-state index contributed by atoms with van der Waals surface area (Å²) in [6, 6.07) is 0. The van der Waals surface area contributed by atoms with Gasteiger partial charge in [-0.3, -0.25) is 4.79 Å². The van der Waals surface area contributed by atoms with Gasteiger partial charge < -0.3 is 15.8 Å². The smallest absolute Gasteiger partial charge is 0.222 e. The topological polar surface area (TPSA) is 64.3 Å². The van der Waals surface area contributed by atoms with E-state index < -0.39 is 0 Å². The molecule has 0 rings (SSSR count). The van der Waals surface area contributed by atoms with Crippen LogP contribution >= 0.6 is 0 Å². The first-order chi connectivity index (χ1) is 7.10. The van der Waals surface area contributed by atoms with Gasteiger partial charge in [0.1, 0.15) is 0 Å². The lowest BCUT2D eigenvalue weighted by atomic mass is 10.1. The van der Waals surface area contributed by atoms with Crippen molar-refractivity contribution in [1.29, 1.82) is 0 Å². The molecule has 90 valence electrons. The number of amides is 1. The summed E-state index contributed by atoms with van der Waals surface area (Å²) < 4.78 is 5.03. The van der Waals surface area contributed by atoms with Crippen LogP contribution in [0.5, 0.6) is 0 Å². The van der Waals surface area contributed by atoms with E-state index >= 15 is 0 Å². The number of methoxy groups -OCH3 is 1. The zero-order valence-corrected chi connectivity index (χ0v) is 10.1. The van der Waals surface area contributed by atoms with Crippen molar-refractivity contribution in [2.24, 2.45) is 11.7 Å². The van der Waals surface area contributed by atoms with Crippen LogP contribution in [0.15, 0.2) is 0 Å². The molecule has 4 heteroatoms. The number of ether oxygens (including phenoxy) is 1. The summed E-state index contributed by atoms with van der Waals surface area (Å²) >= 11 is 0. The Morgan fingerprint density at radius 2 is 2.13 bits per heavy atom. The Bertz CT molecular complexity index is 168. The van der Waals surface area contributed by atoms with Crippen LogP contribution in [-0.4, -0.2) is 32.2 Å². The minimum Gasteiger partial charge on any atom is -0.380 e. The predicted octanol–water partition coefficient (Wildman–Crippen LogP) is 0.903.